The van der Waals surface area contributed by atoms with Crippen molar-refractivity contribution >= 4 is 51.6 Å². The number of nitrogens with zero attached hydrogens (tertiary/aromatic N) is 4. The van der Waals surface area contributed by atoms with E-state index in [9.17, 15) is 28.0 Å². The number of allylic oxidation sites excluding steroid dienone is 4. The van der Waals surface area contributed by atoms with E-state index in [1.807, 2.05) is 39.8 Å². The van der Waals surface area contributed by atoms with Crippen molar-refractivity contribution in [2.75, 3.05) is 39.7 Å². The molecule has 0 unspecified atom stereocenters. The number of aromatic nitrogens is 4. The molecule has 4 heterocycles. The third-order valence-electron chi connectivity index (χ3n) is 14.3. The first kappa shape index (κ1) is 50.8. The van der Waals surface area contributed by atoms with Crippen molar-refractivity contribution in [2.24, 2.45) is 17.8 Å². The number of hydrogen-bond donors (Lipinski definition) is 4. The fourth-order valence-electron chi connectivity index (χ4n) is 10.3. The molecule has 4 aliphatic rings. The summed E-state index contributed by atoms with van der Waals surface area (Å²) in [6.45, 7) is 10.6. The monoisotopic (exact) mass is 975 g/mol. The number of hydrogen-bond acceptors (Lipinski definition) is 8. The van der Waals surface area contributed by atoms with Gasteiger partial charge in [0.05, 0.1) is 34.2 Å². The number of halogens is 2. The van der Waals surface area contributed by atoms with Crippen LogP contribution < -0.4 is 10.6 Å². The highest BCUT2D eigenvalue weighted by Gasteiger charge is 2.39. The molecule has 0 radical (unpaired) electrons. The van der Waals surface area contributed by atoms with Gasteiger partial charge < -0.3 is 39.9 Å². The van der Waals surface area contributed by atoms with Crippen LogP contribution in [0.4, 0.5) is 18.4 Å². The number of ether oxygens (including phenoxy) is 2. The smallest absolute Gasteiger partial charge is 0.407 e. The molecule has 5 atom stereocenters. The molecule has 2 saturated heterocycles. The lowest BCUT2D eigenvalue weighted by atomic mass is 9.88. The van der Waals surface area contributed by atoms with Gasteiger partial charge in [0.25, 0.3) is 0 Å². The molecule has 2 fully saturated rings. The number of H-pyrrole nitrogens is 2. The number of fused-ring (bicyclic) bond motifs is 10. The molecule has 0 spiro atoms. The van der Waals surface area contributed by atoms with E-state index in [0.29, 0.717) is 30.7 Å². The first-order valence-electron chi connectivity index (χ1n) is 25.3. The third-order valence-corrected chi connectivity index (χ3v) is 14.3. The number of rotatable bonds is 14. The number of aryl methyl sites for hydroxylation is 2. The molecule has 9 rings (SSSR count). The van der Waals surface area contributed by atoms with Crippen LogP contribution in [0.15, 0.2) is 72.3 Å². The Kier molecular flexibility index (Phi) is 16.2. The normalized spacial score (nSPS) is 20.5. The van der Waals surface area contributed by atoms with Crippen molar-refractivity contribution in [3.05, 3.63) is 101 Å². The van der Waals surface area contributed by atoms with Crippen LogP contribution in [0, 0.1) is 17.8 Å². The molecule has 378 valence electrons. The van der Waals surface area contributed by atoms with E-state index in [1.165, 1.54) is 27.8 Å². The number of amides is 4. The Morgan fingerprint density at radius 2 is 1.28 bits per heavy atom. The standard InChI is InChI=1S/C55H68F2N8O6/c1-32(2)48(62-54(68)70-27-23-56)52(66)64-25-7-9-46(64)50-58-42-21-19-39(30-44(42)60-50)35(6)37-15-11-34(5)12-16-38-18-14-36(13-17-37)29-41(38)40-20-22-43-45(31-40)61-51(59-43)47-10-8-26-65(47)53(67)49(33(3)4)63-55(69)71-28-24-57/h11,14-15,18-22,29-34,46-49H,7-10,12-13,16-17,23-28H2,1-6H3,(H,58,60)(H,59,61)(H,62,68)(H,63,69)/b15-11-,37-35-/t34-,46-,47-,48-,49-/m0/s1. The van der Waals surface area contributed by atoms with Crippen LogP contribution >= 0.6 is 0 Å². The first-order valence-corrected chi connectivity index (χ1v) is 25.3. The first-order chi connectivity index (χ1) is 34.2. The number of alkyl carbamates (subject to hydrolysis) is 2. The number of aromatic amines is 2. The molecule has 0 saturated carbocycles. The second-order valence-electron chi connectivity index (χ2n) is 20.0. The number of carbonyl (C=O) groups excluding carboxylic acids is 4. The molecule has 4 amide bonds. The number of benzene rings is 3. The van der Waals surface area contributed by atoms with Crippen LogP contribution in [0.2, 0.25) is 0 Å². The van der Waals surface area contributed by atoms with E-state index in [1.54, 1.807) is 9.80 Å². The SMILES string of the molecule is C/C(=C1\C=C/[C@H](C)CCc2ccc(cc2-c2ccc3nc([C@@H]4CCCN4C(=O)[C@@H](NC(=O)OCCF)C(C)C)[nH]c3c2)CC1)c1ccc2nc([C@@H]3CCCN3C(=O)[C@@H](NC(=O)OCCF)C(C)C)[nH]c2c1. The lowest BCUT2D eigenvalue weighted by Crippen LogP contribution is -2.51. The van der Waals surface area contributed by atoms with E-state index >= 15 is 0 Å². The van der Waals surface area contributed by atoms with E-state index in [4.69, 9.17) is 19.4 Å². The van der Waals surface area contributed by atoms with Gasteiger partial charge in [-0.3, -0.25) is 9.59 Å². The maximum Gasteiger partial charge on any atom is 0.407 e. The van der Waals surface area contributed by atoms with Gasteiger partial charge in [0.2, 0.25) is 11.8 Å². The number of carbonyl (C=O) groups is 4. The molecule has 3 aromatic carbocycles. The van der Waals surface area contributed by atoms with Crippen molar-refractivity contribution in [1.82, 2.24) is 40.4 Å². The molecule has 2 aliphatic carbocycles. The summed E-state index contributed by atoms with van der Waals surface area (Å²) < 4.78 is 35.1. The summed E-state index contributed by atoms with van der Waals surface area (Å²) in [6, 6.07) is 17.3. The molecule has 2 aliphatic heterocycles. The highest BCUT2D eigenvalue weighted by atomic mass is 19.1. The summed E-state index contributed by atoms with van der Waals surface area (Å²) >= 11 is 0. The van der Waals surface area contributed by atoms with Crippen molar-refractivity contribution in [2.45, 2.75) is 117 Å². The van der Waals surface area contributed by atoms with Crippen molar-refractivity contribution < 1.29 is 37.4 Å². The molecule has 2 aromatic heterocycles. The van der Waals surface area contributed by atoms with Gasteiger partial charge in [-0.05, 0) is 139 Å². The van der Waals surface area contributed by atoms with Gasteiger partial charge in [0.1, 0.15) is 50.3 Å². The van der Waals surface area contributed by atoms with E-state index in [0.717, 1.165) is 84.6 Å². The Balaban J connectivity index is 1.00. The van der Waals surface area contributed by atoms with Crippen molar-refractivity contribution in [1.29, 1.82) is 0 Å². The summed E-state index contributed by atoms with van der Waals surface area (Å²) in [5, 5.41) is 5.31. The fraction of sp³-hybridized carbons (Fsp3) is 0.491. The van der Waals surface area contributed by atoms with Gasteiger partial charge in [0, 0.05) is 13.1 Å². The van der Waals surface area contributed by atoms with Crippen LogP contribution in [-0.2, 0) is 31.9 Å². The average molecular weight is 975 g/mol. The van der Waals surface area contributed by atoms with Crippen LogP contribution in [0.25, 0.3) is 38.8 Å². The van der Waals surface area contributed by atoms with Crippen LogP contribution in [0.3, 0.4) is 0 Å². The second kappa shape index (κ2) is 22.7. The number of nitrogens with one attached hydrogen (secondary N) is 4. The van der Waals surface area contributed by atoms with Gasteiger partial charge in [-0.25, -0.2) is 28.3 Å². The molecule has 4 N–H and O–H groups in total. The summed E-state index contributed by atoms with van der Waals surface area (Å²) in [7, 11) is 0. The maximum atomic E-state index is 13.9. The summed E-state index contributed by atoms with van der Waals surface area (Å²) in [5.74, 6) is 0.895. The molecular formula is C55H68F2N8O6. The molecule has 2 bridgehead atoms. The maximum absolute atomic E-state index is 13.9. The van der Waals surface area contributed by atoms with E-state index in [2.05, 4.69) is 89.1 Å². The zero-order valence-electron chi connectivity index (χ0n) is 41.8. The minimum atomic E-state index is -0.820. The predicted octanol–water partition coefficient (Wildman–Crippen LogP) is 10.4. The molecule has 14 nitrogen and oxygen atoms in total. The Bertz CT molecular complexity index is 2800. The van der Waals surface area contributed by atoms with Gasteiger partial charge in [-0.15, -0.1) is 0 Å². The van der Waals surface area contributed by atoms with Gasteiger partial charge >= 0.3 is 12.2 Å². The average Bonchev–Trinajstić information content (AvgIpc) is 4.20. The zero-order valence-corrected chi connectivity index (χ0v) is 41.8. The van der Waals surface area contributed by atoms with Gasteiger partial charge in [-0.1, -0.05) is 77.1 Å². The number of imidazole rings is 2. The minimum Gasteiger partial charge on any atom is -0.447 e. The predicted molar refractivity (Wildman–Crippen MR) is 271 cm³/mol. The Labute approximate surface area is 414 Å². The Hall–Kier alpha value is -6.58. The Morgan fingerprint density at radius 3 is 1.85 bits per heavy atom. The summed E-state index contributed by atoms with van der Waals surface area (Å²) in [4.78, 5) is 73.1. The lowest BCUT2D eigenvalue weighted by molar-refractivity contribution is -0.136. The largest absolute Gasteiger partial charge is 0.447 e. The van der Waals surface area contributed by atoms with Gasteiger partial charge in [-0.2, -0.15) is 0 Å². The molecule has 5 aromatic rings. The minimum absolute atomic E-state index is 0.208. The molecule has 16 heteroatoms. The quantitative estimate of drug-likeness (QED) is 0.0851. The molecular weight excluding hydrogens is 907 g/mol. The lowest BCUT2D eigenvalue weighted by Gasteiger charge is -2.30. The highest BCUT2D eigenvalue weighted by molar-refractivity contribution is 5.88. The van der Waals surface area contributed by atoms with Crippen LogP contribution in [0.5, 0.6) is 0 Å². The fourth-order valence-corrected chi connectivity index (χ4v) is 10.3. The number of likely N-dealkylation sites (tertiary alicyclic amines) is 2. The van der Waals surface area contributed by atoms with Gasteiger partial charge in [0.15, 0.2) is 0 Å². The van der Waals surface area contributed by atoms with Crippen LogP contribution in [-0.4, -0.2) is 105 Å². The van der Waals surface area contributed by atoms with Crippen molar-refractivity contribution in [3.8, 4) is 11.1 Å². The van der Waals surface area contributed by atoms with E-state index in [-0.39, 0.29) is 48.9 Å². The molecule has 71 heavy (non-hydrogen) atoms. The summed E-state index contributed by atoms with van der Waals surface area (Å²) in [6.07, 6.45) is 9.62. The van der Waals surface area contributed by atoms with E-state index < -0.39 is 37.6 Å². The topological polar surface area (TPSA) is 175 Å². The second-order valence-corrected chi connectivity index (χ2v) is 20.0. The third kappa shape index (κ3) is 11.6. The van der Waals surface area contributed by atoms with Crippen molar-refractivity contribution in [3.63, 3.8) is 0 Å². The van der Waals surface area contributed by atoms with Crippen LogP contribution in [0.1, 0.15) is 120 Å². The Morgan fingerprint density at radius 1 is 0.718 bits per heavy atom. The summed E-state index contributed by atoms with van der Waals surface area (Å²) in [5.41, 5.74) is 11.7. The zero-order chi connectivity index (χ0) is 50.3. The highest BCUT2D eigenvalue weighted by Crippen LogP contribution is 2.37. The number of alkyl halides is 2.